The predicted molar refractivity (Wildman–Crippen MR) is 156 cm³/mol. The van der Waals surface area contributed by atoms with E-state index in [1.807, 2.05) is 19.2 Å². The molecule has 4 rings (SSSR count). The number of rotatable bonds is 8. The van der Waals surface area contributed by atoms with Crippen molar-refractivity contribution in [1.82, 2.24) is 19.9 Å². The summed E-state index contributed by atoms with van der Waals surface area (Å²) in [6.45, 7) is 1.98. The van der Waals surface area contributed by atoms with Crippen molar-refractivity contribution >= 4 is 51.7 Å². The molecule has 0 unspecified atom stereocenters. The van der Waals surface area contributed by atoms with Gasteiger partial charge in [-0.25, -0.2) is 9.78 Å². The Morgan fingerprint density at radius 2 is 1.54 bits per heavy atom. The minimum Gasteiger partial charge on any atom is -0.495 e. The van der Waals surface area contributed by atoms with Crippen molar-refractivity contribution in [3.8, 4) is 22.6 Å². The first-order valence-electron chi connectivity index (χ1n) is 11.7. The van der Waals surface area contributed by atoms with Crippen molar-refractivity contribution in [3.63, 3.8) is 0 Å². The second-order valence-electron chi connectivity index (χ2n) is 8.68. The Kier molecular flexibility index (Phi) is 10.1. The van der Waals surface area contributed by atoms with E-state index in [2.05, 4.69) is 38.8 Å². The lowest BCUT2D eigenvalue weighted by atomic mass is 10.00. The third-order valence-corrected chi connectivity index (χ3v) is 6.49. The molecule has 0 aliphatic carbocycles. The van der Waals surface area contributed by atoms with E-state index in [1.54, 1.807) is 18.3 Å². The average Bonchev–Trinajstić information content (AvgIpc) is 2.92. The van der Waals surface area contributed by atoms with Gasteiger partial charge < -0.3 is 30.1 Å². The smallest absolute Gasteiger partial charge is 0.337 e. The molecule has 0 aliphatic heterocycles. The van der Waals surface area contributed by atoms with Crippen LogP contribution in [0.15, 0.2) is 48.9 Å². The summed E-state index contributed by atoms with van der Waals surface area (Å²) in [5.74, 6) is 0.605. The summed E-state index contributed by atoms with van der Waals surface area (Å²) in [4.78, 5) is 28.3. The van der Waals surface area contributed by atoms with Gasteiger partial charge in [-0.15, -0.1) is 0 Å². The molecule has 0 aliphatic rings. The van der Waals surface area contributed by atoms with Crippen molar-refractivity contribution in [2.45, 2.75) is 0 Å². The maximum absolute atomic E-state index is 11.4. The number of methoxy groups -OCH3 is 2. The molecule has 0 spiro atoms. The number of hydrogen-bond acceptors (Lipinski definition) is 9. The van der Waals surface area contributed by atoms with Gasteiger partial charge in [0.15, 0.2) is 0 Å². The summed E-state index contributed by atoms with van der Waals surface area (Å²) < 4.78 is 10.6. The maximum atomic E-state index is 11.4. The van der Waals surface area contributed by atoms with E-state index in [1.165, 1.54) is 32.7 Å². The van der Waals surface area contributed by atoms with Crippen LogP contribution in [-0.4, -0.2) is 79.4 Å². The molecule has 4 aromatic rings. The van der Waals surface area contributed by atoms with Gasteiger partial charge in [-0.05, 0) is 32.3 Å². The number of carbonyl (C=O) groups is 1. The Bertz CT molecular complexity index is 1420. The lowest BCUT2D eigenvalue weighted by molar-refractivity contribution is 0.0699. The number of aromatic carboxylic acids is 1. The van der Waals surface area contributed by atoms with E-state index in [-0.39, 0.29) is 21.1 Å². The van der Waals surface area contributed by atoms with E-state index >= 15 is 0 Å². The predicted octanol–water partition coefficient (Wildman–Crippen LogP) is 4.98. The summed E-state index contributed by atoms with van der Waals surface area (Å²) >= 11 is 12.9. The van der Waals surface area contributed by atoms with Gasteiger partial charge in [0.25, 0.3) is 0 Å². The Hall–Kier alpha value is -3.86. The Balaban J connectivity index is 0.000000255. The molecule has 2 heterocycles. The first kappa shape index (κ1) is 29.7. The standard InChI is InChI=1S/C17H12Cl2N2O4.C10H18N4/c1-24-10-7-11(25-2)14(19)12(13(10)18)8-3-4-9(17(22)23)16-15(8)20-5-6-21-16;1-13(2)6-7-14(3)10-5-4-9(11)8-12-10/h3-7H,1-2H3,(H,22,23);4-5,8H,6-7,11H2,1-3H3. The lowest BCUT2D eigenvalue weighted by Crippen LogP contribution is -2.28. The summed E-state index contributed by atoms with van der Waals surface area (Å²) in [5.41, 5.74) is 7.86. The average molecular weight is 573 g/mol. The highest BCUT2D eigenvalue weighted by atomic mass is 35.5. The molecule has 2 aromatic heterocycles. The number of carboxylic acid groups (broad SMARTS) is 1. The van der Waals surface area contributed by atoms with Gasteiger partial charge in [-0.1, -0.05) is 29.3 Å². The van der Waals surface area contributed by atoms with Gasteiger partial charge in [-0.2, -0.15) is 0 Å². The van der Waals surface area contributed by atoms with Crippen molar-refractivity contribution in [2.24, 2.45) is 0 Å². The van der Waals surface area contributed by atoms with E-state index in [9.17, 15) is 9.90 Å². The fourth-order valence-corrected chi connectivity index (χ4v) is 4.35. The highest BCUT2D eigenvalue weighted by molar-refractivity contribution is 6.41. The maximum Gasteiger partial charge on any atom is 0.337 e. The van der Waals surface area contributed by atoms with Gasteiger partial charge in [0.05, 0.1) is 47.2 Å². The summed E-state index contributed by atoms with van der Waals surface area (Å²) in [5, 5.41) is 9.89. The van der Waals surface area contributed by atoms with E-state index in [4.69, 9.17) is 38.4 Å². The number of benzene rings is 2. The second kappa shape index (κ2) is 13.3. The van der Waals surface area contributed by atoms with Crippen LogP contribution in [0.3, 0.4) is 0 Å². The fraction of sp³-hybridized carbons (Fsp3) is 0.259. The lowest BCUT2D eigenvalue weighted by Gasteiger charge is -2.20. The minimum absolute atomic E-state index is 0.0361. The van der Waals surface area contributed by atoms with Crippen LogP contribution in [0.1, 0.15) is 10.4 Å². The number of anilines is 2. The SMILES string of the molecule is CN(C)CCN(C)c1ccc(N)cn1.COc1cc(OC)c(Cl)c(-c2ccc(C(=O)O)c3nccnc23)c1Cl. The van der Waals surface area contributed by atoms with Crippen LogP contribution in [0.5, 0.6) is 11.5 Å². The quantitative estimate of drug-likeness (QED) is 0.298. The molecule has 0 saturated carbocycles. The van der Waals surface area contributed by atoms with E-state index < -0.39 is 5.97 Å². The number of pyridine rings is 1. The van der Waals surface area contributed by atoms with Crippen LogP contribution in [-0.2, 0) is 0 Å². The van der Waals surface area contributed by atoms with E-state index in [0.29, 0.717) is 33.8 Å². The Labute approximate surface area is 236 Å². The zero-order valence-corrected chi connectivity index (χ0v) is 23.8. The second-order valence-corrected chi connectivity index (χ2v) is 9.43. The molecule has 2 aromatic carbocycles. The van der Waals surface area contributed by atoms with Crippen LogP contribution in [0.4, 0.5) is 11.5 Å². The third-order valence-electron chi connectivity index (χ3n) is 5.74. The summed E-state index contributed by atoms with van der Waals surface area (Å²) in [7, 11) is 9.10. The molecule has 0 fully saturated rings. The highest BCUT2D eigenvalue weighted by Crippen LogP contribution is 2.47. The fourth-order valence-electron chi connectivity index (χ4n) is 3.64. The number of fused-ring (bicyclic) bond motifs is 1. The van der Waals surface area contributed by atoms with Crippen LogP contribution < -0.4 is 20.1 Å². The number of halogens is 2. The topological polar surface area (TPSA) is 127 Å². The van der Waals surface area contributed by atoms with Crippen LogP contribution >= 0.6 is 23.2 Å². The van der Waals surface area contributed by atoms with Gasteiger partial charge in [0, 0.05) is 49.7 Å². The zero-order valence-electron chi connectivity index (χ0n) is 22.3. The zero-order chi connectivity index (χ0) is 28.7. The third kappa shape index (κ3) is 6.97. The van der Waals surface area contributed by atoms with Gasteiger partial charge in [0.1, 0.15) is 22.8 Å². The van der Waals surface area contributed by atoms with Crippen LogP contribution in [0.2, 0.25) is 10.0 Å². The molecular formula is C27H30Cl2N6O4. The Morgan fingerprint density at radius 1 is 0.923 bits per heavy atom. The number of nitrogen functional groups attached to an aromatic ring is 1. The number of carboxylic acids is 1. The molecular weight excluding hydrogens is 543 g/mol. The first-order valence-corrected chi connectivity index (χ1v) is 12.5. The summed E-state index contributed by atoms with van der Waals surface area (Å²) in [6.07, 6.45) is 4.58. The number of aromatic nitrogens is 3. The number of ether oxygens (including phenoxy) is 2. The molecule has 0 saturated heterocycles. The Morgan fingerprint density at radius 3 is 2.05 bits per heavy atom. The highest BCUT2D eigenvalue weighted by Gasteiger charge is 2.22. The molecule has 0 radical (unpaired) electrons. The molecule has 0 amide bonds. The number of likely N-dealkylation sites (N-methyl/N-ethyl adjacent to an activating group) is 2. The molecule has 0 atom stereocenters. The van der Waals surface area contributed by atoms with Gasteiger partial charge in [0.2, 0.25) is 0 Å². The monoisotopic (exact) mass is 572 g/mol. The molecule has 3 N–H and O–H groups in total. The molecule has 10 nitrogen and oxygen atoms in total. The molecule has 0 bridgehead atoms. The normalized spacial score (nSPS) is 10.7. The number of nitrogens with two attached hydrogens (primary N) is 1. The minimum atomic E-state index is -1.10. The van der Waals surface area contributed by atoms with Gasteiger partial charge >= 0.3 is 5.97 Å². The van der Waals surface area contributed by atoms with Crippen molar-refractivity contribution in [3.05, 3.63) is 64.5 Å². The van der Waals surface area contributed by atoms with Gasteiger partial charge in [-0.3, -0.25) is 9.97 Å². The van der Waals surface area contributed by atoms with Crippen molar-refractivity contribution < 1.29 is 19.4 Å². The largest absolute Gasteiger partial charge is 0.495 e. The number of hydrogen-bond donors (Lipinski definition) is 2. The molecule has 39 heavy (non-hydrogen) atoms. The van der Waals surface area contributed by atoms with E-state index in [0.717, 1.165) is 18.9 Å². The van der Waals surface area contributed by atoms with Crippen molar-refractivity contribution in [2.75, 3.05) is 59.1 Å². The van der Waals surface area contributed by atoms with Crippen LogP contribution in [0, 0.1) is 0 Å². The van der Waals surface area contributed by atoms with Crippen LogP contribution in [0.25, 0.3) is 22.2 Å². The molecule has 12 heteroatoms. The van der Waals surface area contributed by atoms with Crippen molar-refractivity contribution in [1.29, 1.82) is 0 Å². The summed E-state index contributed by atoms with van der Waals surface area (Å²) in [6, 6.07) is 8.41. The number of nitrogens with zero attached hydrogens (tertiary/aromatic N) is 5. The molecule has 206 valence electrons. The first-order chi connectivity index (χ1) is 18.6.